The first kappa shape index (κ1) is 16.9. The molecule has 0 fully saturated rings. The van der Waals surface area contributed by atoms with Crippen molar-refractivity contribution in [2.75, 3.05) is 6.61 Å². The fourth-order valence-corrected chi connectivity index (χ4v) is 1.97. The minimum atomic E-state index is -1.11. The summed E-state index contributed by atoms with van der Waals surface area (Å²) in [6, 6.07) is 9.27. The number of esters is 1. The summed E-state index contributed by atoms with van der Waals surface area (Å²) in [7, 11) is 0. The van der Waals surface area contributed by atoms with Crippen LogP contribution in [-0.4, -0.2) is 18.5 Å². The molecule has 1 N–H and O–H groups in total. The summed E-state index contributed by atoms with van der Waals surface area (Å²) in [5, 5.41) is 3.05. The van der Waals surface area contributed by atoms with E-state index in [1.54, 1.807) is 24.3 Å². The summed E-state index contributed by atoms with van der Waals surface area (Å²) in [6.07, 6.45) is 0. The van der Waals surface area contributed by atoms with Crippen molar-refractivity contribution in [3.05, 3.63) is 70.2 Å². The molecular weight excluding hydrogens is 328 g/mol. The van der Waals surface area contributed by atoms with Crippen LogP contribution in [0.15, 0.2) is 42.5 Å². The summed E-state index contributed by atoms with van der Waals surface area (Å²) in [6.45, 7) is -0.402. The number of ether oxygens (including phenoxy) is 1. The number of halogens is 3. The zero-order valence-corrected chi connectivity index (χ0v) is 12.6. The lowest BCUT2D eigenvalue weighted by molar-refractivity contribution is -0.124. The Bertz CT molecular complexity index is 737. The lowest BCUT2D eigenvalue weighted by Gasteiger charge is -2.07. The van der Waals surface area contributed by atoms with Crippen molar-refractivity contribution in [3.63, 3.8) is 0 Å². The molecule has 0 aliphatic heterocycles. The molecule has 0 saturated heterocycles. The Morgan fingerprint density at radius 3 is 2.65 bits per heavy atom. The van der Waals surface area contributed by atoms with Gasteiger partial charge in [-0.15, -0.1) is 0 Å². The van der Waals surface area contributed by atoms with Gasteiger partial charge in [0, 0.05) is 11.6 Å². The molecule has 0 aromatic heterocycles. The highest BCUT2D eigenvalue weighted by molar-refractivity contribution is 6.30. The van der Waals surface area contributed by atoms with E-state index < -0.39 is 35.7 Å². The Labute approximate surface area is 136 Å². The highest BCUT2D eigenvalue weighted by Gasteiger charge is 2.15. The number of amides is 1. The minimum absolute atomic E-state index is 0.200. The molecule has 0 aliphatic rings. The third kappa shape index (κ3) is 5.03. The highest BCUT2D eigenvalue weighted by Crippen LogP contribution is 2.11. The molecule has 0 bridgehead atoms. The third-order valence-corrected chi connectivity index (χ3v) is 3.10. The molecule has 0 atom stereocenters. The Balaban J connectivity index is 1.84. The van der Waals surface area contributed by atoms with Crippen LogP contribution in [0.3, 0.4) is 0 Å². The second-order valence-corrected chi connectivity index (χ2v) is 5.04. The van der Waals surface area contributed by atoms with E-state index in [2.05, 4.69) is 10.1 Å². The van der Waals surface area contributed by atoms with Crippen LogP contribution >= 0.6 is 11.6 Å². The molecule has 2 aromatic carbocycles. The van der Waals surface area contributed by atoms with E-state index in [0.717, 1.165) is 17.7 Å². The summed E-state index contributed by atoms with van der Waals surface area (Å²) in [5.41, 5.74) is 0.209. The van der Waals surface area contributed by atoms with Gasteiger partial charge in [-0.25, -0.2) is 13.6 Å². The van der Waals surface area contributed by atoms with Gasteiger partial charge >= 0.3 is 5.97 Å². The van der Waals surface area contributed by atoms with Crippen LogP contribution in [0.2, 0.25) is 5.02 Å². The topological polar surface area (TPSA) is 55.4 Å². The van der Waals surface area contributed by atoms with E-state index in [0.29, 0.717) is 11.1 Å². The zero-order chi connectivity index (χ0) is 16.8. The molecule has 0 radical (unpaired) electrons. The smallest absolute Gasteiger partial charge is 0.341 e. The van der Waals surface area contributed by atoms with E-state index in [1.807, 2.05) is 0 Å². The van der Waals surface area contributed by atoms with Crippen LogP contribution in [0.5, 0.6) is 0 Å². The molecule has 0 heterocycles. The Hall–Kier alpha value is -2.47. The first-order valence-corrected chi connectivity index (χ1v) is 6.97. The summed E-state index contributed by atoms with van der Waals surface area (Å²) in [5.74, 6) is -3.38. The maximum atomic E-state index is 13.4. The van der Waals surface area contributed by atoms with Gasteiger partial charge in [-0.3, -0.25) is 4.79 Å². The number of benzene rings is 2. The van der Waals surface area contributed by atoms with Gasteiger partial charge in [0.15, 0.2) is 6.61 Å². The van der Waals surface area contributed by atoms with Gasteiger partial charge in [-0.1, -0.05) is 23.7 Å². The molecule has 0 unspecified atom stereocenters. The lowest BCUT2D eigenvalue weighted by Crippen LogP contribution is -2.28. The quantitative estimate of drug-likeness (QED) is 0.852. The fourth-order valence-electron chi connectivity index (χ4n) is 1.76. The van der Waals surface area contributed by atoms with Crippen molar-refractivity contribution < 1.29 is 23.1 Å². The molecule has 0 saturated carbocycles. The molecule has 120 valence electrons. The van der Waals surface area contributed by atoms with Crippen LogP contribution in [0, 0.1) is 11.6 Å². The predicted octanol–water partition coefficient (Wildman–Crippen LogP) is 3.09. The standard InChI is InChI=1S/C16H12ClF2NO3/c17-11-3-1-2-10(6-11)8-20-15(21)9-23-16(22)13-7-12(18)4-5-14(13)19/h1-7H,8-9H2,(H,20,21). The van der Waals surface area contributed by atoms with E-state index >= 15 is 0 Å². The minimum Gasteiger partial charge on any atom is -0.452 e. The number of hydrogen-bond donors (Lipinski definition) is 1. The van der Waals surface area contributed by atoms with Gasteiger partial charge in [0.05, 0.1) is 5.56 Å². The van der Waals surface area contributed by atoms with Crippen molar-refractivity contribution in [1.82, 2.24) is 5.32 Å². The highest BCUT2D eigenvalue weighted by atomic mass is 35.5. The molecule has 1 amide bonds. The third-order valence-electron chi connectivity index (χ3n) is 2.86. The fraction of sp³-hybridized carbons (Fsp3) is 0.125. The van der Waals surface area contributed by atoms with Gasteiger partial charge < -0.3 is 10.1 Å². The number of carbonyl (C=O) groups excluding carboxylic acids is 2. The number of hydrogen-bond acceptors (Lipinski definition) is 3. The van der Waals surface area contributed by atoms with Gasteiger partial charge in [-0.05, 0) is 35.9 Å². The van der Waals surface area contributed by atoms with Crippen LogP contribution in [0.4, 0.5) is 8.78 Å². The maximum Gasteiger partial charge on any atom is 0.341 e. The van der Waals surface area contributed by atoms with Crippen molar-refractivity contribution in [3.8, 4) is 0 Å². The van der Waals surface area contributed by atoms with Crippen molar-refractivity contribution >= 4 is 23.5 Å². The molecule has 0 aliphatic carbocycles. The first-order chi connectivity index (χ1) is 11.0. The first-order valence-electron chi connectivity index (χ1n) is 6.59. The van der Waals surface area contributed by atoms with Crippen molar-refractivity contribution in [2.24, 2.45) is 0 Å². The van der Waals surface area contributed by atoms with E-state index in [-0.39, 0.29) is 6.54 Å². The number of nitrogens with one attached hydrogen (secondary N) is 1. The SMILES string of the molecule is O=C(COC(=O)c1cc(F)ccc1F)NCc1cccc(Cl)c1. The summed E-state index contributed by atoms with van der Waals surface area (Å²) >= 11 is 5.81. The Morgan fingerprint density at radius 1 is 1.13 bits per heavy atom. The predicted molar refractivity (Wildman–Crippen MR) is 79.9 cm³/mol. The average molecular weight is 340 g/mol. The average Bonchev–Trinajstić information content (AvgIpc) is 2.53. The van der Waals surface area contributed by atoms with E-state index in [1.165, 1.54) is 0 Å². The second kappa shape index (κ2) is 7.69. The molecule has 4 nitrogen and oxygen atoms in total. The molecule has 23 heavy (non-hydrogen) atoms. The van der Waals surface area contributed by atoms with Gasteiger partial charge in [-0.2, -0.15) is 0 Å². The van der Waals surface area contributed by atoms with Crippen LogP contribution < -0.4 is 5.32 Å². The van der Waals surface area contributed by atoms with Crippen LogP contribution in [-0.2, 0) is 16.1 Å². The Morgan fingerprint density at radius 2 is 1.91 bits per heavy atom. The molecule has 2 rings (SSSR count). The largest absolute Gasteiger partial charge is 0.452 e. The normalized spacial score (nSPS) is 10.2. The number of carbonyl (C=O) groups is 2. The Kier molecular flexibility index (Phi) is 5.65. The van der Waals surface area contributed by atoms with Crippen LogP contribution in [0.25, 0.3) is 0 Å². The monoisotopic (exact) mass is 339 g/mol. The molecule has 7 heteroatoms. The lowest BCUT2D eigenvalue weighted by atomic mass is 10.2. The summed E-state index contributed by atoms with van der Waals surface area (Å²) in [4.78, 5) is 23.2. The maximum absolute atomic E-state index is 13.4. The summed E-state index contributed by atoms with van der Waals surface area (Å²) < 4.78 is 31.0. The van der Waals surface area contributed by atoms with E-state index in [9.17, 15) is 18.4 Å². The second-order valence-electron chi connectivity index (χ2n) is 4.61. The zero-order valence-electron chi connectivity index (χ0n) is 11.8. The number of rotatable bonds is 5. The van der Waals surface area contributed by atoms with Gasteiger partial charge in [0.2, 0.25) is 0 Å². The van der Waals surface area contributed by atoms with Gasteiger partial charge in [0.25, 0.3) is 5.91 Å². The van der Waals surface area contributed by atoms with Crippen molar-refractivity contribution in [1.29, 1.82) is 0 Å². The van der Waals surface area contributed by atoms with E-state index in [4.69, 9.17) is 11.6 Å². The van der Waals surface area contributed by atoms with Crippen LogP contribution in [0.1, 0.15) is 15.9 Å². The molecular formula is C16H12ClF2NO3. The molecule has 2 aromatic rings. The van der Waals surface area contributed by atoms with Gasteiger partial charge in [0.1, 0.15) is 11.6 Å². The molecule has 0 spiro atoms. The van der Waals surface area contributed by atoms with Crippen molar-refractivity contribution in [2.45, 2.75) is 6.54 Å².